The molecular formula is CH13BP11Y-. The zero-order valence-electron chi connectivity index (χ0n) is 7.41. The Hall–Kier alpha value is 5.90. The maximum Gasteiger partial charge on any atom is 0.108 e. The Morgan fingerprint density at radius 1 is 0.929 bits per heavy atom. The fourth-order valence-electron chi connectivity index (χ4n) is 0.580. The van der Waals surface area contributed by atoms with Crippen molar-refractivity contribution in [3.05, 3.63) is 5.14 Å². The van der Waals surface area contributed by atoms with Crippen molar-refractivity contribution in [3.63, 3.8) is 0 Å². The Kier molecular flexibility index (Phi) is 20.0. The molecule has 0 saturated heterocycles. The third kappa shape index (κ3) is 8.95. The van der Waals surface area contributed by atoms with Crippen LogP contribution >= 0.6 is 90.6 Å². The van der Waals surface area contributed by atoms with E-state index < -0.39 is 0 Å². The molecule has 0 fully saturated rings. The smallest absolute Gasteiger partial charge is 0.108 e. The predicted octanol–water partition coefficient (Wildman–Crippen LogP) is 5.69. The maximum atomic E-state index is 5.86. The van der Waals surface area contributed by atoms with Gasteiger partial charge in [0.05, 0.1) is 0 Å². The fraction of sp³-hybridized carbons (Fsp3) is 0. The van der Waals surface area contributed by atoms with Crippen LogP contribution in [0.4, 0.5) is 0 Å². The van der Waals surface area contributed by atoms with E-state index in [1.54, 1.807) is 5.14 Å². The van der Waals surface area contributed by atoms with E-state index in [4.69, 9.17) is 7.57 Å². The van der Waals surface area contributed by atoms with Crippen molar-refractivity contribution in [1.82, 2.24) is 0 Å². The van der Waals surface area contributed by atoms with Gasteiger partial charge < -0.3 is 0 Å². The van der Waals surface area contributed by atoms with E-state index in [9.17, 15) is 0 Å². The van der Waals surface area contributed by atoms with Crippen molar-refractivity contribution in [3.8, 4) is 0 Å². The first kappa shape index (κ1) is 22.2. The molecule has 0 amide bonds. The van der Waals surface area contributed by atoms with Gasteiger partial charge in [-0.25, -0.2) is 27.0 Å². The fourth-order valence-corrected chi connectivity index (χ4v) is 43.8. The van der Waals surface area contributed by atoms with Gasteiger partial charge in [0.15, 0.2) is 0 Å². The van der Waals surface area contributed by atoms with Gasteiger partial charge in [0.1, 0.15) is 7.57 Å². The molecule has 0 aliphatic carbocycles. The van der Waals surface area contributed by atoms with Crippen molar-refractivity contribution in [1.29, 1.82) is 0 Å². The topological polar surface area (TPSA) is 0 Å². The summed E-state index contributed by atoms with van der Waals surface area (Å²) >= 11 is 0. The van der Waals surface area contributed by atoms with Gasteiger partial charge in [0.2, 0.25) is 0 Å². The standard InChI is InChI=1S/CH13BP11.Y/c2-9-12(13(7)8)1(10(3)4)11(5)6;/h9H,3-8H2;/q-1;. The summed E-state index contributed by atoms with van der Waals surface area (Å²) in [6.07, 6.45) is 0. The molecule has 0 aromatic heterocycles. The molecule has 0 heterocycles. The summed E-state index contributed by atoms with van der Waals surface area (Å²) < 4.78 is 0. The summed E-state index contributed by atoms with van der Waals surface area (Å²) in [6.45, 7) is -0.0407. The number of rotatable bonds is 5. The zero-order valence-corrected chi connectivity index (χ0v) is 21.8. The zero-order chi connectivity index (χ0) is 10.6. The van der Waals surface area contributed by atoms with Gasteiger partial charge in [-0.1, -0.05) is 6.99 Å². The number of hydrogen-bond acceptors (Lipinski definition) is 0. The molecule has 0 rings (SSSR count). The van der Waals surface area contributed by atoms with Gasteiger partial charge in [-0.2, -0.15) is 8.15 Å². The first-order valence-corrected chi connectivity index (χ1v) is 20.6. The quantitative estimate of drug-likeness (QED) is 0.278. The molecule has 0 aliphatic heterocycles. The molecule has 13 heteroatoms. The third-order valence-electron chi connectivity index (χ3n) is 1.00. The van der Waals surface area contributed by atoms with Crippen LogP contribution in [0.15, 0.2) is 0 Å². The molecule has 3 radical (unpaired) electrons. The van der Waals surface area contributed by atoms with Gasteiger partial charge in [0.25, 0.3) is 0 Å². The van der Waals surface area contributed by atoms with Gasteiger partial charge >= 0.3 is 0 Å². The Bertz CT molecular complexity index is 129. The van der Waals surface area contributed by atoms with E-state index in [1.165, 1.54) is 0 Å². The normalized spacial score (nSPS) is 14.7. The minimum atomic E-state index is -0.0986. The molecule has 0 aromatic rings. The van der Waals surface area contributed by atoms with Crippen LogP contribution in [0.3, 0.4) is 0 Å². The summed E-state index contributed by atoms with van der Waals surface area (Å²) in [5.41, 5.74) is 0. The van der Waals surface area contributed by atoms with Gasteiger partial charge in [-0.3, -0.25) is 0 Å². The first-order valence-electron chi connectivity index (χ1n) is 2.93. The van der Waals surface area contributed by atoms with E-state index in [1.807, 2.05) is 0 Å². The molecule has 0 spiro atoms. The molecule has 0 N–H and O–H groups in total. The molecule has 8 atom stereocenters. The summed E-state index contributed by atoms with van der Waals surface area (Å²) in [7, 11) is 23.7. The minimum Gasteiger partial charge on any atom is -0.214 e. The van der Waals surface area contributed by atoms with Crippen molar-refractivity contribution in [2.45, 2.75) is 0 Å². The molecule has 8 unspecified atom stereocenters. The largest absolute Gasteiger partial charge is 0.214 e. The van der Waals surface area contributed by atoms with Crippen molar-refractivity contribution in [2.24, 2.45) is 0 Å². The van der Waals surface area contributed by atoms with E-state index in [0.717, 1.165) is 0 Å². The van der Waals surface area contributed by atoms with Gasteiger partial charge in [-0.05, 0) is 0 Å². The summed E-state index contributed by atoms with van der Waals surface area (Å²) in [6, 6.07) is 0. The van der Waals surface area contributed by atoms with Crippen LogP contribution in [0.5, 0.6) is 0 Å². The average molecular weight is 466 g/mol. The summed E-state index contributed by atoms with van der Waals surface area (Å²) in [4.78, 5) is 0. The molecule has 0 nitrogen and oxygen atoms in total. The van der Waals surface area contributed by atoms with Crippen LogP contribution in [-0.4, -0.2) is 7.57 Å². The second-order valence-corrected chi connectivity index (χ2v) is 31.4. The Morgan fingerprint density at radius 3 is 1.36 bits per heavy atom. The predicted molar refractivity (Wildman–Crippen MR) is 103 cm³/mol. The first-order chi connectivity index (χ1) is 5.91. The Labute approximate surface area is 134 Å². The van der Waals surface area contributed by atoms with Gasteiger partial charge in [0, 0.05) is 32.7 Å². The van der Waals surface area contributed by atoms with Crippen LogP contribution < -0.4 is 0 Å². The van der Waals surface area contributed by atoms with Crippen molar-refractivity contribution < 1.29 is 32.7 Å². The van der Waals surface area contributed by atoms with Crippen LogP contribution in [0.1, 0.15) is 0 Å². The van der Waals surface area contributed by atoms with E-state index in [2.05, 4.69) is 53.6 Å². The molecule has 0 aliphatic rings. The third-order valence-corrected chi connectivity index (χ3v) is 32.2. The van der Waals surface area contributed by atoms with Crippen molar-refractivity contribution in [2.75, 3.05) is 0 Å². The van der Waals surface area contributed by atoms with Crippen LogP contribution in [0.25, 0.3) is 0 Å². The average Bonchev–Trinajstić information content (AvgIpc) is 1.97. The molecule has 0 saturated carbocycles. The molecule has 0 bridgehead atoms. The van der Waals surface area contributed by atoms with Crippen LogP contribution in [-0.2, 0) is 32.7 Å². The van der Waals surface area contributed by atoms with E-state index in [0.29, 0.717) is 8.15 Å². The SMILES string of the molecule is [B]PP([C-](P(P)P)P(P)P)P(P)P.[Y]. The van der Waals surface area contributed by atoms with E-state index >= 15 is 0 Å². The molecular weight excluding hydrogens is 452 g/mol. The summed E-state index contributed by atoms with van der Waals surface area (Å²) in [5.74, 6) is 0. The van der Waals surface area contributed by atoms with Crippen molar-refractivity contribution >= 4 is 98.2 Å². The number of hydrogen-bond donors (Lipinski definition) is 0. The minimum absolute atomic E-state index is 0. The second kappa shape index (κ2) is 12.6. The maximum absolute atomic E-state index is 5.86. The van der Waals surface area contributed by atoms with Crippen LogP contribution in [0.2, 0.25) is 0 Å². The molecule has 14 heavy (non-hydrogen) atoms. The summed E-state index contributed by atoms with van der Waals surface area (Å²) in [5, 5.41) is 1.68. The van der Waals surface area contributed by atoms with E-state index in [-0.39, 0.29) is 61.6 Å². The van der Waals surface area contributed by atoms with Gasteiger partial charge in [-0.15, -0.1) is 53.6 Å². The Balaban J connectivity index is 0. The second-order valence-electron chi connectivity index (χ2n) is 1.94. The van der Waals surface area contributed by atoms with Crippen LogP contribution in [0, 0.1) is 5.14 Å². The molecule has 0 aromatic carbocycles. The molecule has 79 valence electrons. The monoisotopic (exact) mass is 466 g/mol. The Morgan fingerprint density at radius 2 is 1.29 bits per heavy atom.